The number of hydrogen-bond acceptors (Lipinski definition) is 6. The Balaban J connectivity index is 1.95. The summed E-state index contributed by atoms with van der Waals surface area (Å²) in [4.78, 5) is 12.5. The maximum absolute atomic E-state index is 5.99. The van der Waals surface area contributed by atoms with Crippen LogP contribution in [0.2, 0.25) is 0 Å². The third kappa shape index (κ3) is 2.88. The number of aromatic nitrogens is 3. The highest BCUT2D eigenvalue weighted by atomic mass is 15.1. The smallest absolute Gasteiger partial charge is 0.224 e. The molecule has 1 aromatic carbocycles. The van der Waals surface area contributed by atoms with Crippen molar-refractivity contribution in [3.8, 4) is 0 Å². The molecule has 0 amide bonds. The zero-order valence-electron chi connectivity index (χ0n) is 13.5. The molecule has 23 heavy (non-hydrogen) atoms. The summed E-state index contributed by atoms with van der Waals surface area (Å²) in [6, 6.07) is 6.35. The second kappa shape index (κ2) is 5.72. The van der Waals surface area contributed by atoms with Crippen molar-refractivity contribution < 1.29 is 0 Å². The van der Waals surface area contributed by atoms with Gasteiger partial charge in [0.1, 0.15) is 5.82 Å². The minimum Gasteiger partial charge on any atom is -0.383 e. The molecule has 2 heterocycles. The van der Waals surface area contributed by atoms with Crippen molar-refractivity contribution in [3.63, 3.8) is 0 Å². The lowest BCUT2D eigenvalue weighted by atomic mass is 10.1. The number of benzene rings is 1. The van der Waals surface area contributed by atoms with Crippen LogP contribution in [0, 0.1) is 20.8 Å². The quantitative estimate of drug-likeness (QED) is 0.687. The molecule has 0 unspecified atom stereocenters. The number of aryl methyl sites for hydroxylation is 3. The number of nitrogens with one attached hydrogen (secondary N) is 1. The van der Waals surface area contributed by atoms with Crippen LogP contribution in [0.25, 0.3) is 11.0 Å². The molecule has 118 valence electrons. The Kier molecular flexibility index (Phi) is 3.73. The molecule has 0 spiro atoms. The van der Waals surface area contributed by atoms with E-state index in [0.29, 0.717) is 18.0 Å². The Hall–Kier alpha value is -2.89. The number of anilines is 3. The number of nitrogens with two attached hydrogens (primary N) is 2. The third-order valence-corrected chi connectivity index (χ3v) is 4.00. The van der Waals surface area contributed by atoms with Crippen molar-refractivity contribution in [2.45, 2.75) is 27.3 Å². The van der Waals surface area contributed by atoms with E-state index in [1.807, 2.05) is 13.1 Å². The lowest BCUT2D eigenvalue weighted by Gasteiger charge is -2.13. The van der Waals surface area contributed by atoms with Crippen molar-refractivity contribution >= 4 is 28.5 Å². The SMILES string of the molecule is Cc1ccc(C)c(NCc2cnc3nc(N)nc(N)c3c2C)c1. The van der Waals surface area contributed by atoms with Gasteiger partial charge in [0, 0.05) is 18.4 Å². The first-order valence-corrected chi connectivity index (χ1v) is 7.44. The summed E-state index contributed by atoms with van der Waals surface area (Å²) in [5.41, 5.74) is 17.8. The summed E-state index contributed by atoms with van der Waals surface area (Å²) in [5.74, 6) is 0.509. The summed E-state index contributed by atoms with van der Waals surface area (Å²) in [7, 11) is 0. The van der Waals surface area contributed by atoms with Gasteiger partial charge in [0.25, 0.3) is 0 Å². The summed E-state index contributed by atoms with van der Waals surface area (Å²) in [6.07, 6.45) is 1.81. The van der Waals surface area contributed by atoms with Gasteiger partial charge in [0.15, 0.2) is 5.65 Å². The zero-order chi connectivity index (χ0) is 16.6. The van der Waals surface area contributed by atoms with Gasteiger partial charge in [-0.3, -0.25) is 0 Å². The number of nitrogen functional groups attached to an aromatic ring is 2. The van der Waals surface area contributed by atoms with Crippen molar-refractivity contribution in [2.75, 3.05) is 16.8 Å². The molecule has 0 atom stereocenters. The molecule has 2 aromatic heterocycles. The minimum atomic E-state index is 0.142. The van der Waals surface area contributed by atoms with Crippen molar-refractivity contribution in [1.29, 1.82) is 0 Å². The molecule has 0 radical (unpaired) electrons. The number of hydrogen-bond donors (Lipinski definition) is 3. The number of pyridine rings is 1. The fourth-order valence-electron chi connectivity index (χ4n) is 2.63. The second-order valence-electron chi connectivity index (χ2n) is 5.75. The summed E-state index contributed by atoms with van der Waals surface area (Å²) >= 11 is 0. The molecule has 0 saturated carbocycles. The van der Waals surface area contributed by atoms with E-state index < -0.39 is 0 Å². The van der Waals surface area contributed by atoms with Crippen LogP contribution in [0.1, 0.15) is 22.3 Å². The minimum absolute atomic E-state index is 0.142. The third-order valence-electron chi connectivity index (χ3n) is 4.00. The van der Waals surface area contributed by atoms with Crippen molar-refractivity contribution in [2.24, 2.45) is 0 Å². The fraction of sp³-hybridized carbons (Fsp3) is 0.235. The Morgan fingerprint density at radius 3 is 2.65 bits per heavy atom. The van der Waals surface area contributed by atoms with Gasteiger partial charge in [-0.25, -0.2) is 4.98 Å². The monoisotopic (exact) mass is 308 g/mol. The van der Waals surface area contributed by atoms with Crippen LogP contribution in [-0.4, -0.2) is 15.0 Å². The predicted molar refractivity (Wildman–Crippen MR) is 94.1 cm³/mol. The van der Waals surface area contributed by atoms with Crippen LogP contribution in [0.15, 0.2) is 24.4 Å². The molecule has 0 bridgehead atoms. The highest BCUT2D eigenvalue weighted by Crippen LogP contribution is 2.25. The molecular formula is C17H20N6. The van der Waals surface area contributed by atoms with Gasteiger partial charge in [-0.15, -0.1) is 0 Å². The highest BCUT2D eigenvalue weighted by molar-refractivity contribution is 5.90. The van der Waals surface area contributed by atoms with Gasteiger partial charge in [-0.2, -0.15) is 9.97 Å². The second-order valence-corrected chi connectivity index (χ2v) is 5.75. The molecule has 0 fully saturated rings. The number of fused-ring (bicyclic) bond motifs is 1. The first kappa shape index (κ1) is 15.0. The molecule has 3 aromatic rings. The van der Waals surface area contributed by atoms with Crippen LogP contribution < -0.4 is 16.8 Å². The van der Waals surface area contributed by atoms with Crippen LogP contribution in [0.5, 0.6) is 0 Å². The molecular weight excluding hydrogens is 288 g/mol. The molecule has 6 heteroatoms. The fourth-order valence-corrected chi connectivity index (χ4v) is 2.63. The van der Waals surface area contributed by atoms with Crippen LogP contribution >= 0.6 is 0 Å². The van der Waals surface area contributed by atoms with E-state index >= 15 is 0 Å². The molecule has 0 aliphatic rings. The standard InChI is InChI=1S/C17H20N6/c1-9-4-5-10(2)13(6-9)20-7-12-8-21-16-14(11(12)3)15(18)22-17(19)23-16/h4-6,8,20H,7H2,1-3H3,(H4,18,19,21,22,23). The van der Waals surface area contributed by atoms with Gasteiger partial charge in [0.2, 0.25) is 5.95 Å². The maximum Gasteiger partial charge on any atom is 0.224 e. The van der Waals surface area contributed by atoms with E-state index in [-0.39, 0.29) is 5.95 Å². The van der Waals surface area contributed by atoms with E-state index in [2.05, 4.69) is 52.3 Å². The Labute approximate surface area is 135 Å². The molecule has 0 aliphatic carbocycles. The average Bonchev–Trinajstić information content (AvgIpc) is 2.49. The molecule has 5 N–H and O–H groups in total. The maximum atomic E-state index is 5.99. The van der Waals surface area contributed by atoms with Crippen LogP contribution in [0.3, 0.4) is 0 Å². The first-order chi connectivity index (χ1) is 11.0. The topological polar surface area (TPSA) is 103 Å². The molecule has 0 aliphatic heterocycles. The van der Waals surface area contributed by atoms with E-state index in [0.717, 1.165) is 22.2 Å². The lowest BCUT2D eigenvalue weighted by molar-refractivity contribution is 1.08. The lowest BCUT2D eigenvalue weighted by Crippen LogP contribution is -2.07. The van der Waals surface area contributed by atoms with E-state index in [9.17, 15) is 0 Å². The van der Waals surface area contributed by atoms with Crippen LogP contribution in [-0.2, 0) is 6.54 Å². The molecule has 3 rings (SSSR count). The Morgan fingerprint density at radius 2 is 1.87 bits per heavy atom. The van der Waals surface area contributed by atoms with Crippen LogP contribution in [0.4, 0.5) is 17.5 Å². The number of rotatable bonds is 3. The van der Waals surface area contributed by atoms with Crippen molar-refractivity contribution in [1.82, 2.24) is 15.0 Å². The summed E-state index contributed by atoms with van der Waals surface area (Å²) in [6.45, 7) is 6.82. The number of nitrogens with zero attached hydrogens (tertiary/aromatic N) is 3. The van der Waals surface area contributed by atoms with E-state index in [4.69, 9.17) is 11.5 Å². The van der Waals surface area contributed by atoms with Gasteiger partial charge in [-0.1, -0.05) is 12.1 Å². The zero-order valence-corrected chi connectivity index (χ0v) is 13.5. The van der Waals surface area contributed by atoms with Crippen molar-refractivity contribution in [3.05, 3.63) is 46.6 Å². The van der Waals surface area contributed by atoms with Gasteiger partial charge < -0.3 is 16.8 Å². The van der Waals surface area contributed by atoms with E-state index in [1.54, 1.807) is 0 Å². The Bertz CT molecular complexity index is 888. The summed E-state index contributed by atoms with van der Waals surface area (Å²) in [5, 5.41) is 4.22. The van der Waals surface area contributed by atoms with Gasteiger partial charge >= 0.3 is 0 Å². The van der Waals surface area contributed by atoms with E-state index in [1.165, 1.54) is 11.1 Å². The van der Waals surface area contributed by atoms with Gasteiger partial charge in [0.05, 0.1) is 5.39 Å². The molecule has 0 saturated heterocycles. The highest BCUT2D eigenvalue weighted by Gasteiger charge is 2.11. The largest absolute Gasteiger partial charge is 0.383 e. The average molecular weight is 308 g/mol. The first-order valence-electron chi connectivity index (χ1n) is 7.44. The van der Waals surface area contributed by atoms with Gasteiger partial charge in [-0.05, 0) is 49.1 Å². The normalized spacial score (nSPS) is 10.9. The summed E-state index contributed by atoms with van der Waals surface area (Å²) < 4.78 is 0. The predicted octanol–water partition coefficient (Wildman–Crippen LogP) is 2.73. The molecule has 6 nitrogen and oxygen atoms in total. The Morgan fingerprint density at radius 1 is 1.09 bits per heavy atom.